The third kappa shape index (κ3) is 2.17. The third-order valence-corrected chi connectivity index (χ3v) is 4.86. The van der Waals surface area contributed by atoms with E-state index in [0.717, 1.165) is 35.8 Å². The summed E-state index contributed by atoms with van der Waals surface area (Å²) in [5.41, 5.74) is 0. The van der Waals surface area contributed by atoms with E-state index in [1.54, 1.807) is 6.20 Å². The molecule has 2 saturated heterocycles. The lowest BCUT2D eigenvalue weighted by atomic mass is 10.0. The maximum absolute atomic E-state index is 12.5. The van der Waals surface area contributed by atoms with Gasteiger partial charge < -0.3 is 10.2 Å². The molecule has 4 nitrogen and oxygen atoms in total. The zero-order valence-electron chi connectivity index (χ0n) is 10.7. The van der Waals surface area contributed by atoms with Crippen LogP contribution in [0.1, 0.15) is 40.4 Å². The van der Waals surface area contributed by atoms with E-state index in [2.05, 4.69) is 15.2 Å². The number of rotatable bonds is 2. The van der Waals surface area contributed by atoms with E-state index in [1.165, 1.54) is 24.2 Å². The number of hydrogen-bond acceptors (Lipinski definition) is 4. The molecule has 1 N–H and O–H groups in total. The Bertz CT molecular complexity index is 439. The summed E-state index contributed by atoms with van der Waals surface area (Å²) in [5.74, 6) is 0.178. The fourth-order valence-electron chi connectivity index (χ4n) is 3.10. The molecule has 0 aromatic carbocycles. The molecule has 0 bridgehead atoms. The van der Waals surface area contributed by atoms with Gasteiger partial charge in [-0.05, 0) is 39.2 Å². The lowest BCUT2D eigenvalue weighted by molar-refractivity contribution is 0.0716. The van der Waals surface area contributed by atoms with Gasteiger partial charge in [0.2, 0.25) is 0 Å². The second-order valence-electron chi connectivity index (χ2n) is 5.15. The smallest absolute Gasteiger partial charge is 0.265 e. The lowest BCUT2D eigenvalue weighted by Crippen LogP contribution is -2.46. The van der Waals surface area contributed by atoms with E-state index in [1.807, 2.05) is 6.92 Å². The Morgan fingerprint density at radius 3 is 3.06 bits per heavy atom. The van der Waals surface area contributed by atoms with Crippen LogP contribution in [0.2, 0.25) is 0 Å². The zero-order valence-corrected chi connectivity index (χ0v) is 11.5. The molecule has 1 aromatic rings. The van der Waals surface area contributed by atoms with E-state index in [9.17, 15) is 4.79 Å². The molecular weight excluding hydrogens is 246 g/mol. The summed E-state index contributed by atoms with van der Waals surface area (Å²) in [6, 6.07) is 0.896. The Labute approximate surface area is 111 Å². The summed E-state index contributed by atoms with van der Waals surface area (Å²) in [4.78, 5) is 19.5. The first kappa shape index (κ1) is 12.1. The number of carbonyl (C=O) groups is 1. The van der Waals surface area contributed by atoms with Crippen LogP contribution < -0.4 is 5.32 Å². The third-order valence-electron chi connectivity index (χ3n) is 3.96. The number of aryl methyl sites for hydroxylation is 1. The van der Waals surface area contributed by atoms with E-state index in [0.29, 0.717) is 12.1 Å². The molecule has 1 aromatic heterocycles. The molecule has 3 rings (SSSR count). The van der Waals surface area contributed by atoms with Gasteiger partial charge in [-0.1, -0.05) is 0 Å². The standard InChI is InChI=1S/C13H19N3OS/c1-9-15-8-12(18-9)13(17)16-7-3-5-11(16)10-4-2-6-14-10/h8,10-11,14H,2-7H2,1H3. The molecule has 2 aliphatic rings. The van der Waals surface area contributed by atoms with Crippen molar-refractivity contribution in [2.45, 2.75) is 44.7 Å². The number of amides is 1. The van der Waals surface area contributed by atoms with Gasteiger partial charge in [0.05, 0.1) is 11.2 Å². The normalized spacial score (nSPS) is 27.9. The van der Waals surface area contributed by atoms with Crippen molar-refractivity contribution in [2.24, 2.45) is 0 Å². The topological polar surface area (TPSA) is 45.2 Å². The molecule has 0 spiro atoms. The van der Waals surface area contributed by atoms with Crippen molar-refractivity contribution < 1.29 is 4.79 Å². The Balaban J connectivity index is 1.75. The van der Waals surface area contributed by atoms with Crippen LogP contribution in [0.4, 0.5) is 0 Å². The van der Waals surface area contributed by atoms with Crippen LogP contribution in [0.15, 0.2) is 6.20 Å². The summed E-state index contributed by atoms with van der Waals surface area (Å²) in [5, 5.41) is 4.50. The Hall–Kier alpha value is -0.940. The lowest BCUT2D eigenvalue weighted by Gasteiger charge is -2.29. The molecule has 3 heterocycles. The Morgan fingerprint density at radius 1 is 1.50 bits per heavy atom. The molecule has 2 unspecified atom stereocenters. The SMILES string of the molecule is Cc1ncc(C(=O)N2CCCC2C2CCCN2)s1. The highest BCUT2D eigenvalue weighted by atomic mass is 32.1. The number of thiazole rings is 1. The Morgan fingerprint density at radius 2 is 2.39 bits per heavy atom. The van der Waals surface area contributed by atoms with Crippen LogP contribution in [0.3, 0.4) is 0 Å². The van der Waals surface area contributed by atoms with Gasteiger partial charge in [-0.3, -0.25) is 4.79 Å². The summed E-state index contributed by atoms with van der Waals surface area (Å²) < 4.78 is 0. The molecule has 5 heteroatoms. The van der Waals surface area contributed by atoms with Gasteiger partial charge >= 0.3 is 0 Å². The minimum atomic E-state index is 0.178. The highest BCUT2D eigenvalue weighted by Gasteiger charge is 2.36. The van der Waals surface area contributed by atoms with E-state index < -0.39 is 0 Å². The summed E-state index contributed by atoms with van der Waals surface area (Å²) >= 11 is 1.50. The van der Waals surface area contributed by atoms with Crippen LogP contribution in [0.5, 0.6) is 0 Å². The molecule has 0 saturated carbocycles. The molecule has 0 radical (unpaired) electrons. The molecule has 18 heavy (non-hydrogen) atoms. The number of nitrogens with zero attached hydrogens (tertiary/aromatic N) is 2. The number of nitrogens with one attached hydrogen (secondary N) is 1. The molecule has 2 fully saturated rings. The fraction of sp³-hybridized carbons (Fsp3) is 0.692. The molecule has 0 aliphatic carbocycles. The van der Waals surface area contributed by atoms with Gasteiger partial charge in [0.25, 0.3) is 5.91 Å². The minimum absolute atomic E-state index is 0.178. The van der Waals surface area contributed by atoms with Crippen LogP contribution in [0.25, 0.3) is 0 Å². The molecular formula is C13H19N3OS. The summed E-state index contributed by atoms with van der Waals surface area (Å²) in [6.45, 7) is 3.95. The van der Waals surface area contributed by atoms with Crippen molar-refractivity contribution >= 4 is 17.2 Å². The van der Waals surface area contributed by atoms with Crippen molar-refractivity contribution in [3.8, 4) is 0 Å². The molecule has 1 amide bonds. The first-order chi connectivity index (χ1) is 8.75. The van der Waals surface area contributed by atoms with E-state index in [4.69, 9.17) is 0 Å². The van der Waals surface area contributed by atoms with Gasteiger partial charge in [-0.2, -0.15) is 0 Å². The highest BCUT2D eigenvalue weighted by molar-refractivity contribution is 7.13. The minimum Gasteiger partial charge on any atom is -0.333 e. The van der Waals surface area contributed by atoms with Crippen LogP contribution in [-0.4, -0.2) is 41.0 Å². The number of hydrogen-bond donors (Lipinski definition) is 1. The van der Waals surface area contributed by atoms with Crippen molar-refractivity contribution in [1.29, 1.82) is 0 Å². The van der Waals surface area contributed by atoms with Crippen LogP contribution >= 0.6 is 11.3 Å². The monoisotopic (exact) mass is 265 g/mol. The first-order valence-electron chi connectivity index (χ1n) is 6.72. The predicted molar refractivity (Wildman–Crippen MR) is 71.9 cm³/mol. The maximum atomic E-state index is 12.5. The molecule has 98 valence electrons. The van der Waals surface area contributed by atoms with E-state index in [-0.39, 0.29) is 5.91 Å². The number of aromatic nitrogens is 1. The van der Waals surface area contributed by atoms with Gasteiger partial charge in [-0.15, -0.1) is 11.3 Å². The largest absolute Gasteiger partial charge is 0.333 e. The highest BCUT2D eigenvalue weighted by Crippen LogP contribution is 2.27. The second kappa shape index (κ2) is 4.97. The second-order valence-corrected chi connectivity index (χ2v) is 6.39. The van der Waals surface area contributed by atoms with Gasteiger partial charge in [0.15, 0.2) is 0 Å². The maximum Gasteiger partial charge on any atom is 0.265 e. The number of likely N-dealkylation sites (tertiary alicyclic amines) is 1. The van der Waals surface area contributed by atoms with Gasteiger partial charge in [0, 0.05) is 18.6 Å². The molecule has 2 aliphatic heterocycles. The van der Waals surface area contributed by atoms with Crippen molar-refractivity contribution in [1.82, 2.24) is 15.2 Å². The number of carbonyl (C=O) groups excluding carboxylic acids is 1. The van der Waals surface area contributed by atoms with Gasteiger partial charge in [0.1, 0.15) is 4.88 Å². The zero-order chi connectivity index (χ0) is 12.5. The summed E-state index contributed by atoms with van der Waals surface area (Å²) in [7, 11) is 0. The van der Waals surface area contributed by atoms with E-state index >= 15 is 0 Å². The van der Waals surface area contributed by atoms with Crippen molar-refractivity contribution in [3.05, 3.63) is 16.1 Å². The molecule has 2 atom stereocenters. The predicted octanol–water partition coefficient (Wildman–Crippen LogP) is 1.81. The average Bonchev–Trinajstić information content (AvgIpc) is 3.08. The van der Waals surface area contributed by atoms with Gasteiger partial charge in [-0.25, -0.2) is 4.98 Å². The quantitative estimate of drug-likeness (QED) is 0.887. The first-order valence-corrected chi connectivity index (χ1v) is 7.54. The average molecular weight is 265 g/mol. The fourth-order valence-corrected chi connectivity index (χ4v) is 3.84. The summed E-state index contributed by atoms with van der Waals surface area (Å²) in [6.07, 6.45) is 6.44. The Kier molecular flexibility index (Phi) is 3.35. The van der Waals surface area contributed by atoms with Crippen LogP contribution in [-0.2, 0) is 0 Å². The van der Waals surface area contributed by atoms with Crippen molar-refractivity contribution in [2.75, 3.05) is 13.1 Å². The van der Waals surface area contributed by atoms with Crippen LogP contribution in [0, 0.1) is 6.92 Å². The van der Waals surface area contributed by atoms with Crippen molar-refractivity contribution in [3.63, 3.8) is 0 Å².